The number of fused-ring (bicyclic) bond motifs is 2. The molecule has 0 aliphatic heterocycles. The summed E-state index contributed by atoms with van der Waals surface area (Å²) in [5, 5.41) is 2.53. The van der Waals surface area contributed by atoms with E-state index < -0.39 is 49.9 Å². The summed E-state index contributed by atoms with van der Waals surface area (Å²) in [5.74, 6) is -13.1. The van der Waals surface area contributed by atoms with Crippen LogP contribution in [0.3, 0.4) is 0 Å². The molecule has 40 heavy (non-hydrogen) atoms. The number of rotatable bonds is 6. The normalized spacial score (nSPS) is 11.9. The van der Waals surface area contributed by atoms with Crippen LogP contribution >= 0.6 is 0 Å². The number of hydrogen-bond acceptors (Lipinski definition) is 4. The summed E-state index contributed by atoms with van der Waals surface area (Å²) in [6.45, 7) is 0. The van der Waals surface area contributed by atoms with E-state index in [-0.39, 0.29) is 0 Å². The lowest BCUT2D eigenvalue weighted by molar-refractivity contribution is -0.114. The molecule has 0 aliphatic carbocycles. The van der Waals surface area contributed by atoms with Crippen LogP contribution in [0.5, 0.6) is 11.5 Å². The Morgan fingerprint density at radius 1 is 0.850 bits per heavy atom. The number of ether oxygens (including phenoxy) is 1. The van der Waals surface area contributed by atoms with Gasteiger partial charge in [0.15, 0.2) is 28.2 Å². The van der Waals surface area contributed by atoms with Crippen molar-refractivity contribution in [2.75, 3.05) is 0 Å². The van der Waals surface area contributed by atoms with Gasteiger partial charge >= 0.3 is 0 Å². The molecule has 0 bridgehead atoms. The number of hydrogen-bond donors (Lipinski definition) is 1. The van der Waals surface area contributed by atoms with E-state index in [1.807, 2.05) is 36.4 Å². The fourth-order valence-corrected chi connectivity index (χ4v) is 5.31. The molecule has 4 aromatic carbocycles. The first kappa shape index (κ1) is 26.9. The molecule has 0 fully saturated rings. The van der Waals surface area contributed by atoms with Gasteiger partial charge in [-0.2, -0.15) is 0 Å². The third-order valence-electron chi connectivity index (χ3n) is 6.04. The van der Waals surface area contributed by atoms with Crippen LogP contribution in [-0.2, 0) is 21.9 Å². The molecule has 204 valence electrons. The highest BCUT2D eigenvalue weighted by Gasteiger charge is 2.34. The van der Waals surface area contributed by atoms with Crippen molar-refractivity contribution in [1.82, 2.24) is 9.29 Å². The lowest BCUT2D eigenvalue weighted by Gasteiger charge is -2.10. The first-order chi connectivity index (χ1) is 19.0. The van der Waals surface area contributed by atoms with E-state index in [9.17, 15) is 35.2 Å². The van der Waals surface area contributed by atoms with Gasteiger partial charge in [0, 0.05) is 30.3 Å². The van der Waals surface area contributed by atoms with Crippen molar-refractivity contribution in [1.29, 1.82) is 0 Å². The molecule has 5 rings (SSSR count). The molecule has 0 saturated carbocycles. The van der Waals surface area contributed by atoms with Crippen molar-refractivity contribution in [3.8, 4) is 11.5 Å². The van der Waals surface area contributed by atoms with Gasteiger partial charge in [0.1, 0.15) is 11.5 Å². The van der Waals surface area contributed by atoms with Gasteiger partial charge in [0.25, 0.3) is 15.9 Å². The van der Waals surface area contributed by atoms with E-state index in [0.717, 1.165) is 16.8 Å². The number of nitrogens with zero attached hydrogens (tertiary/aromatic N) is 1. The third kappa shape index (κ3) is 4.77. The van der Waals surface area contributed by atoms with E-state index in [1.165, 1.54) is 10.8 Å². The molecule has 1 N–H and O–H groups in total. The Morgan fingerprint density at radius 3 is 2.20 bits per heavy atom. The second-order valence-corrected chi connectivity index (χ2v) is 10.3. The molecule has 12 heteroatoms. The first-order valence-corrected chi connectivity index (χ1v) is 13.0. The maximum absolute atomic E-state index is 14.0. The monoisotopic (exact) mass is 572 g/mol. The second kappa shape index (κ2) is 10.1. The van der Waals surface area contributed by atoms with Gasteiger partial charge in [-0.15, -0.1) is 0 Å². The number of aryl methyl sites for hydroxylation is 1. The van der Waals surface area contributed by atoms with Crippen LogP contribution in [-0.4, -0.2) is 18.9 Å². The first-order valence-electron chi connectivity index (χ1n) is 11.5. The van der Waals surface area contributed by atoms with Gasteiger partial charge in [-0.1, -0.05) is 36.4 Å². The second-order valence-electron chi connectivity index (χ2n) is 8.66. The molecule has 0 atom stereocenters. The van der Waals surface area contributed by atoms with Gasteiger partial charge in [-0.05, 0) is 41.1 Å². The molecular formula is C28H17F5N2O4S. The van der Waals surface area contributed by atoms with Crippen LogP contribution in [0, 0.1) is 29.1 Å². The lowest BCUT2D eigenvalue weighted by Crippen LogP contribution is -2.31. The van der Waals surface area contributed by atoms with Gasteiger partial charge in [-0.3, -0.25) is 4.79 Å². The predicted octanol–water partition coefficient (Wildman–Crippen LogP) is 6.34. The van der Waals surface area contributed by atoms with E-state index in [4.69, 9.17) is 4.74 Å². The minimum atomic E-state index is -5.47. The van der Waals surface area contributed by atoms with Crippen LogP contribution in [0.4, 0.5) is 22.0 Å². The lowest BCUT2D eigenvalue weighted by atomic mass is 10.1. The molecule has 6 nitrogen and oxygen atoms in total. The van der Waals surface area contributed by atoms with Gasteiger partial charge in [0.2, 0.25) is 5.82 Å². The summed E-state index contributed by atoms with van der Waals surface area (Å²) in [5.41, 5.74) is 1.12. The topological polar surface area (TPSA) is 77.4 Å². The quantitative estimate of drug-likeness (QED) is 0.112. The Balaban J connectivity index is 1.46. The van der Waals surface area contributed by atoms with E-state index in [0.29, 0.717) is 28.0 Å². The average molecular weight is 573 g/mol. The highest BCUT2D eigenvalue weighted by atomic mass is 32.2. The zero-order valence-corrected chi connectivity index (χ0v) is 21.2. The highest BCUT2D eigenvalue weighted by Crippen LogP contribution is 2.35. The number of carbonyl (C=O) groups excluding carboxylic acids is 1. The Labute approximate surface area is 224 Å². The van der Waals surface area contributed by atoms with Gasteiger partial charge in [-0.25, -0.2) is 35.1 Å². The molecule has 0 saturated heterocycles. The standard InChI is InChI=1S/C28H17F5N2O4S/c1-35-14-17(10-12-21(36)34-40(37,38)28-26(32)24(30)23(29)25(31)27(28)33)22-19(35)7-4-8-20(22)39-18-11-9-15-5-2-3-6-16(15)13-18/h2-14H,1H3,(H,34,36)/b12-10+. The molecular weight excluding hydrogens is 555 g/mol. The third-order valence-corrected chi connectivity index (χ3v) is 7.41. The van der Waals surface area contributed by atoms with E-state index >= 15 is 0 Å². The average Bonchev–Trinajstić information content (AvgIpc) is 3.25. The van der Waals surface area contributed by atoms with Gasteiger partial charge < -0.3 is 9.30 Å². The zero-order valence-electron chi connectivity index (χ0n) is 20.4. The number of halogens is 5. The van der Waals surface area contributed by atoms with Crippen molar-refractivity contribution in [3.05, 3.63) is 108 Å². The van der Waals surface area contributed by atoms with Crippen LogP contribution in [0.15, 0.2) is 77.8 Å². The summed E-state index contributed by atoms with van der Waals surface area (Å²) in [4.78, 5) is 10.2. The molecule has 1 aromatic heterocycles. The van der Waals surface area contributed by atoms with Crippen LogP contribution in [0.2, 0.25) is 0 Å². The maximum atomic E-state index is 14.0. The fourth-order valence-electron chi connectivity index (χ4n) is 4.22. The summed E-state index contributed by atoms with van der Waals surface area (Å²) >= 11 is 0. The van der Waals surface area contributed by atoms with Crippen molar-refractivity contribution in [2.45, 2.75) is 4.90 Å². The van der Waals surface area contributed by atoms with Gasteiger partial charge in [0.05, 0.1) is 5.52 Å². The number of amides is 1. The van der Waals surface area contributed by atoms with Crippen molar-refractivity contribution in [3.63, 3.8) is 0 Å². The number of carbonyl (C=O) groups is 1. The Bertz CT molecular complexity index is 1940. The number of benzene rings is 4. The smallest absolute Gasteiger partial charge is 0.270 e. The number of sulfonamides is 1. The number of nitrogens with one attached hydrogen (secondary N) is 1. The number of aromatic nitrogens is 1. The molecule has 1 amide bonds. The minimum absolute atomic E-state index is 0.415. The molecule has 0 radical (unpaired) electrons. The zero-order chi connectivity index (χ0) is 28.8. The van der Waals surface area contributed by atoms with Crippen molar-refractivity contribution < 1.29 is 39.9 Å². The molecule has 0 aliphatic rings. The largest absolute Gasteiger partial charge is 0.457 e. The van der Waals surface area contributed by atoms with E-state index in [1.54, 1.807) is 42.1 Å². The van der Waals surface area contributed by atoms with Crippen molar-refractivity contribution in [2.24, 2.45) is 7.05 Å². The molecule has 1 heterocycles. The Hall–Kier alpha value is -4.71. The Morgan fingerprint density at radius 2 is 1.50 bits per heavy atom. The summed E-state index contributed by atoms with van der Waals surface area (Å²) in [7, 11) is -3.74. The van der Waals surface area contributed by atoms with Crippen LogP contribution < -0.4 is 9.46 Å². The summed E-state index contributed by atoms with van der Waals surface area (Å²) < 4.78 is 102. The molecule has 5 aromatic rings. The highest BCUT2D eigenvalue weighted by molar-refractivity contribution is 7.90. The minimum Gasteiger partial charge on any atom is -0.457 e. The van der Waals surface area contributed by atoms with Crippen molar-refractivity contribution >= 4 is 43.7 Å². The summed E-state index contributed by atoms with van der Waals surface area (Å²) in [6, 6.07) is 18.5. The summed E-state index contributed by atoms with van der Waals surface area (Å²) in [6.07, 6.45) is 3.59. The van der Waals surface area contributed by atoms with Crippen LogP contribution in [0.1, 0.15) is 5.56 Å². The molecule has 0 spiro atoms. The van der Waals surface area contributed by atoms with Crippen LogP contribution in [0.25, 0.3) is 27.8 Å². The van der Waals surface area contributed by atoms with E-state index in [2.05, 4.69) is 0 Å². The molecule has 0 unspecified atom stereocenters. The predicted molar refractivity (Wildman–Crippen MR) is 138 cm³/mol. The Kier molecular flexibility index (Phi) is 6.80. The maximum Gasteiger partial charge on any atom is 0.270 e. The SMILES string of the molecule is Cn1cc(/C=C/C(=O)NS(=O)(=O)c2c(F)c(F)c(F)c(F)c2F)c2c(Oc3ccc4ccccc4c3)cccc21. The fraction of sp³-hybridized carbons (Fsp3) is 0.0357.